The van der Waals surface area contributed by atoms with Crippen molar-refractivity contribution in [3.63, 3.8) is 0 Å². The first-order chi connectivity index (χ1) is 12.1. The van der Waals surface area contributed by atoms with Crippen LogP contribution in [-0.2, 0) is 16.1 Å². The first kappa shape index (κ1) is 18.3. The van der Waals surface area contributed by atoms with E-state index in [9.17, 15) is 9.59 Å². The Kier molecular flexibility index (Phi) is 6.83. The van der Waals surface area contributed by atoms with Crippen molar-refractivity contribution in [1.82, 2.24) is 5.32 Å². The summed E-state index contributed by atoms with van der Waals surface area (Å²) in [6.07, 6.45) is 0.379. The Morgan fingerprint density at radius 1 is 0.960 bits per heavy atom. The van der Waals surface area contributed by atoms with Gasteiger partial charge in [-0.05, 0) is 42.0 Å². The molecule has 0 aromatic heterocycles. The quantitative estimate of drug-likeness (QED) is 0.690. The molecular weight excluding hydrogens is 318 g/mol. The number of hydrogen-bond acceptors (Lipinski definition) is 4. The number of carbonyl (C=O) groups is 2. The third-order valence-electron chi connectivity index (χ3n) is 3.54. The summed E-state index contributed by atoms with van der Waals surface area (Å²) in [5.41, 5.74) is 2.67. The van der Waals surface area contributed by atoms with Crippen LogP contribution in [0.15, 0.2) is 48.5 Å². The standard InChI is InChI=1S/C19H23N3O3/c1-14(23)22-17-7-5-16(6-8-17)20-12-11-19(24)21-13-15-3-9-18(25-2)10-4-15/h3-10,20H,11-13H2,1-2H3,(H,21,24)(H,22,23). The Bertz CT molecular complexity index is 697. The van der Waals surface area contributed by atoms with E-state index in [2.05, 4.69) is 16.0 Å². The molecule has 2 amide bonds. The van der Waals surface area contributed by atoms with E-state index in [0.717, 1.165) is 22.7 Å². The minimum absolute atomic E-state index is 0.0156. The Hall–Kier alpha value is -3.02. The van der Waals surface area contributed by atoms with Crippen LogP contribution in [-0.4, -0.2) is 25.5 Å². The fourth-order valence-electron chi connectivity index (χ4n) is 2.23. The molecule has 0 aliphatic carbocycles. The van der Waals surface area contributed by atoms with Gasteiger partial charge in [-0.2, -0.15) is 0 Å². The summed E-state index contributed by atoms with van der Waals surface area (Å²) in [7, 11) is 1.62. The van der Waals surface area contributed by atoms with Gasteiger partial charge in [-0.3, -0.25) is 9.59 Å². The van der Waals surface area contributed by atoms with Crippen LogP contribution in [0.4, 0.5) is 11.4 Å². The van der Waals surface area contributed by atoms with E-state index in [4.69, 9.17) is 4.74 Å². The van der Waals surface area contributed by atoms with Gasteiger partial charge in [-0.1, -0.05) is 12.1 Å². The smallest absolute Gasteiger partial charge is 0.222 e. The molecule has 0 bridgehead atoms. The van der Waals surface area contributed by atoms with Crippen molar-refractivity contribution < 1.29 is 14.3 Å². The van der Waals surface area contributed by atoms with Crippen molar-refractivity contribution in [2.24, 2.45) is 0 Å². The number of methoxy groups -OCH3 is 1. The molecule has 0 saturated heterocycles. The molecule has 0 spiro atoms. The maximum atomic E-state index is 11.9. The molecule has 6 nitrogen and oxygen atoms in total. The van der Waals surface area contributed by atoms with E-state index in [0.29, 0.717) is 19.5 Å². The number of carbonyl (C=O) groups excluding carboxylic acids is 2. The minimum Gasteiger partial charge on any atom is -0.497 e. The normalized spacial score (nSPS) is 10.0. The zero-order valence-electron chi connectivity index (χ0n) is 14.5. The number of amides is 2. The van der Waals surface area contributed by atoms with Crippen LogP contribution < -0.4 is 20.7 Å². The molecule has 0 radical (unpaired) electrons. The highest BCUT2D eigenvalue weighted by Gasteiger charge is 2.02. The summed E-state index contributed by atoms with van der Waals surface area (Å²) in [6.45, 7) is 2.50. The first-order valence-corrected chi connectivity index (χ1v) is 8.08. The molecule has 0 fully saturated rings. The van der Waals surface area contributed by atoms with Gasteiger partial charge in [0.2, 0.25) is 11.8 Å². The van der Waals surface area contributed by atoms with Crippen molar-refractivity contribution in [2.75, 3.05) is 24.3 Å². The molecule has 2 rings (SSSR count). The Balaban J connectivity index is 1.68. The third kappa shape index (κ3) is 6.55. The lowest BCUT2D eigenvalue weighted by atomic mass is 10.2. The lowest BCUT2D eigenvalue weighted by Gasteiger charge is -2.09. The van der Waals surface area contributed by atoms with Gasteiger partial charge in [-0.25, -0.2) is 0 Å². The molecule has 2 aromatic carbocycles. The van der Waals surface area contributed by atoms with Gasteiger partial charge in [0.15, 0.2) is 0 Å². The topological polar surface area (TPSA) is 79.5 Å². The Labute approximate surface area is 147 Å². The second kappa shape index (κ2) is 9.32. The van der Waals surface area contributed by atoms with Crippen LogP contribution in [0.3, 0.4) is 0 Å². The summed E-state index contributed by atoms with van der Waals surface area (Å²) in [5.74, 6) is 0.677. The van der Waals surface area contributed by atoms with Gasteiger partial charge in [0.1, 0.15) is 5.75 Å². The van der Waals surface area contributed by atoms with Gasteiger partial charge >= 0.3 is 0 Å². The van der Waals surface area contributed by atoms with Gasteiger partial charge < -0.3 is 20.7 Å². The largest absolute Gasteiger partial charge is 0.497 e. The highest BCUT2D eigenvalue weighted by molar-refractivity contribution is 5.88. The highest BCUT2D eigenvalue weighted by Crippen LogP contribution is 2.13. The Morgan fingerprint density at radius 2 is 1.60 bits per heavy atom. The SMILES string of the molecule is COc1ccc(CNC(=O)CCNc2ccc(NC(C)=O)cc2)cc1. The zero-order valence-corrected chi connectivity index (χ0v) is 14.5. The molecule has 3 N–H and O–H groups in total. The number of rotatable bonds is 8. The van der Waals surface area contributed by atoms with Crippen molar-refractivity contribution in [3.8, 4) is 5.75 Å². The molecule has 0 aliphatic rings. The van der Waals surface area contributed by atoms with E-state index in [-0.39, 0.29) is 11.8 Å². The van der Waals surface area contributed by atoms with Crippen LogP contribution >= 0.6 is 0 Å². The maximum Gasteiger partial charge on any atom is 0.222 e. The fraction of sp³-hybridized carbons (Fsp3) is 0.263. The maximum absolute atomic E-state index is 11.9. The van der Waals surface area contributed by atoms with Crippen molar-refractivity contribution in [1.29, 1.82) is 0 Å². The van der Waals surface area contributed by atoms with Crippen LogP contribution in [0.5, 0.6) is 5.75 Å². The van der Waals surface area contributed by atoms with E-state index in [1.165, 1.54) is 6.92 Å². The van der Waals surface area contributed by atoms with Gasteiger partial charge in [0, 0.05) is 37.8 Å². The van der Waals surface area contributed by atoms with Crippen molar-refractivity contribution in [3.05, 3.63) is 54.1 Å². The lowest BCUT2D eigenvalue weighted by Crippen LogP contribution is -2.24. The van der Waals surface area contributed by atoms with E-state index in [1.54, 1.807) is 7.11 Å². The van der Waals surface area contributed by atoms with E-state index >= 15 is 0 Å². The number of hydrogen-bond donors (Lipinski definition) is 3. The molecule has 0 unspecified atom stereocenters. The molecule has 6 heteroatoms. The average molecular weight is 341 g/mol. The average Bonchev–Trinajstić information content (AvgIpc) is 2.61. The van der Waals surface area contributed by atoms with Crippen molar-refractivity contribution in [2.45, 2.75) is 19.9 Å². The summed E-state index contributed by atoms with van der Waals surface area (Å²) in [4.78, 5) is 22.8. The van der Waals surface area contributed by atoms with Crippen LogP contribution in [0, 0.1) is 0 Å². The number of ether oxygens (including phenoxy) is 1. The lowest BCUT2D eigenvalue weighted by molar-refractivity contribution is -0.121. The van der Waals surface area contributed by atoms with Crippen LogP contribution in [0.1, 0.15) is 18.9 Å². The predicted octanol–water partition coefficient (Wildman–Crippen LogP) is 2.77. The molecule has 0 atom stereocenters. The number of nitrogens with one attached hydrogen (secondary N) is 3. The Morgan fingerprint density at radius 3 is 2.20 bits per heavy atom. The van der Waals surface area contributed by atoms with Crippen LogP contribution in [0.25, 0.3) is 0 Å². The summed E-state index contributed by atoms with van der Waals surface area (Å²) >= 11 is 0. The number of anilines is 2. The second-order valence-electron chi connectivity index (χ2n) is 5.56. The van der Waals surface area contributed by atoms with E-state index in [1.807, 2.05) is 48.5 Å². The molecular formula is C19H23N3O3. The van der Waals surface area contributed by atoms with Crippen LogP contribution in [0.2, 0.25) is 0 Å². The number of benzene rings is 2. The van der Waals surface area contributed by atoms with Crippen molar-refractivity contribution >= 4 is 23.2 Å². The minimum atomic E-state index is -0.103. The molecule has 0 saturated carbocycles. The first-order valence-electron chi connectivity index (χ1n) is 8.08. The molecule has 0 heterocycles. The van der Waals surface area contributed by atoms with Gasteiger partial charge in [0.25, 0.3) is 0 Å². The molecule has 0 aliphatic heterocycles. The summed E-state index contributed by atoms with van der Waals surface area (Å²) in [6, 6.07) is 14.9. The summed E-state index contributed by atoms with van der Waals surface area (Å²) < 4.78 is 5.10. The molecule has 132 valence electrons. The zero-order chi connectivity index (χ0) is 18.1. The molecule has 2 aromatic rings. The second-order valence-corrected chi connectivity index (χ2v) is 5.56. The molecule has 25 heavy (non-hydrogen) atoms. The summed E-state index contributed by atoms with van der Waals surface area (Å²) in [5, 5.41) is 8.77. The third-order valence-corrected chi connectivity index (χ3v) is 3.54. The van der Waals surface area contributed by atoms with Gasteiger partial charge in [0.05, 0.1) is 7.11 Å². The van der Waals surface area contributed by atoms with Gasteiger partial charge in [-0.15, -0.1) is 0 Å². The monoisotopic (exact) mass is 341 g/mol. The van der Waals surface area contributed by atoms with E-state index < -0.39 is 0 Å². The fourth-order valence-corrected chi connectivity index (χ4v) is 2.23. The predicted molar refractivity (Wildman–Crippen MR) is 98.7 cm³/mol. The highest BCUT2D eigenvalue weighted by atomic mass is 16.5.